The molecule has 2 unspecified atom stereocenters. The molecule has 1 aromatic rings. The smallest absolute Gasteiger partial charge is 0.0897 e. The van der Waals surface area contributed by atoms with Crippen LogP contribution in [-0.4, -0.2) is 37.5 Å². The standard InChI is InChI=1S/C14H23NO2/c1-11-6-4-5-7-13(11)8-12(2)15-9-14(16)10-17-3/h4-7,12,14-16H,8-10H2,1-3H3. The number of hydrogen-bond acceptors (Lipinski definition) is 3. The normalized spacial score (nSPS) is 14.6. The molecule has 3 nitrogen and oxygen atoms in total. The molecule has 0 fully saturated rings. The molecule has 2 atom stereocenters. The predicted molar refractivity (Wildman–Crippen MR) is 70.2 cm³/mol. The van der Waals surface area contributed by atoms with Gasteiger partial charge in [-0.1, -0.05) is 24.3 Å². The molecule has 0 saturated carbocycles. The van der Waals surface area contributed by atoms with Crippen molar-refractivity contribution in [3.8, 4) is 0 Å². The van der Waals surface area contributed by atoms with Gasteiger partial charge in [0, 0.05) is 19.7 Å². The van der Waals surface area contributed by atoms with E-state index >= 15 is 0 Å². The summed E-state index contributed by atoms with van der Waals surface area (Å²) in [7, 11) is 1.60. The van der Waals surface area contributed by atoms with Gasteiger partial charge in [0.25, 0.3) is 0 Å². The minimum Gasteiger partial charge on any atom is -0.389 e. The summed E-state index contributed by atoms with van der Waals surface area (Å²) in [5.74, 6) is 0. The number of hydrogen-bond donors (Lipinski definition) is 2. The number of ether oxygens (including phenoxy) is 1. The first-order valence-electron chi connectivity index (χ1n) is 6.08. The van der Waals surface area contributed by atoms with Crippen molar-refractivity contribution in [1.82, 2.24) is 5.32 Å². The fourth-order valence-electron chi connectivity index (χ4n) is 1.83. The maximum atomic E-state index is 9.53. The lowest BCUT2D eigenvalue weighted by molar-refractivity contribution is 0.0631. The van der Waals surface area contributed by atoms with Crippen LogP contribution in [0.3, 0.4) is 0 Å². The van der Waals surface area contributed by atoms with E-state index in [1.807, 2.05) is 0 Å². The van der Waals surface area contributed by atoms with E-state index in [2.05, 4.69) is 43.4 Å². The van der Waals surface area contributed by atoms with Crippen LogP contribution in [0.2, 0.25) is 0 Å². The van der Waals surface area contributed by atoms with Gasteiger partial charge >= 0.3 is 0 Å². The Labute approximate surface area is 104 Å². The zero-order chi connectivity index (χ0) is 12.7. The molecule has 0 heterocycles. The summed E-state index contributed by atoms with van der Waals surface area (Å²) in [5.41, 5.74) is 2.67. The summed E-state index contributed by atoms with van der Waals surface area (Å²) in [6.07, 6.45) is 0.547. The van der Waals surface area contributed by atoms with Crippen molar-refractivity contribution in [2.45, 2.75) is 32.4 Å². The van der Waals surface area contributed by atoms with Gasteiger partial charge in [-0.25, -0.2) is 0 Å². The van der Waals surface area contributed by atoms with Crippen molar-refractivity contribution in [2.24, 2.45) is 0 Å². The Hall–Kier alpha value is -0.900. The zero-order valence-corrected chi connectivity index (χ0v) is 10.9. The fourth-order valence-corrected chi connectivity index (χ4v) is 1.83. The largest absolute Gasteiger partial charge is 0.389 e. The third kappa shape index (κ3) is 5.31. The Morgan fingerprint density at radius 1 is 1.35 bits per heavy atom. The molecule has 17 heavy (non-hydrogen) atoms. The minimum absolute atomic E-state index is 0.350. The van der Waals surface area contributed by atoms with Gasteiger partial charge in [-0.15, -0.1) is 0 Å². The van der Waals surface area contributed by atoms with E-state index in [-0.39, 0.29) is 0 Å². The fraction of sp³-hybridized carbons (Fsp3) is 0.571. The molecule has 0 aliphatic rings. The van der Waals surface area contributed by atoms with Crippen molar-refractivity contribution >= 4 is 0 Å². The number of benzene rings is 1. The van der Waals surface area contributed by atoms with E-state index in [9.17, 15) is 5.11 Å². The number of aryl methyl sites for hydroxylation is 1. The Bertz CT molecular complexity index is 328. The molecular weight excluding hydrogens is 214 g/mol. The molecule has 96 valence electrons. The number of aliphatic hydroxyl groups excluding tert-OH is 1. The van der Waals surface area contributed by atoms with Crippen LogP contribution in [0.15, 0.2) is 24.3 Å². The van der Waals surface area contributed by atoms with E-state index in [4.69, 9.17) is 4.74 Å². The van der Waals surface area contributed by atoms with Crippen LogP contribution in [-0.2, 0) is 11.2 Å². The Kier molecular flexibility index (Phi) is 6.19. The summed E-state index contributed by atoms with van der Waals surface area (Å²) in [6.45, 7) is 5.21. The molecule has 3 heteroatoms. The molecule has 0 bridgehead atoms. The lowest BCUT2D eigenvalue weighted by Gasteiger charge is -2.17. The van der Waals surface area contributed by atoms with E-state index in [1.54, 1.807) is 7.11 Å². The highest BCUT2D eigenvalue weighted by atomic mass is 16.5. The molecule has 0 aliphatic carbocycles. The van der Waals surface area contributed by atoms with E-state index in [1.165, 1.54) is 11.1 Å². The van der Waals surface area contributed by atoms with Crippen LogP contribution in [0.5, 0.6) is 0 Å². The molecule has 0 aliphatic heterocycles. The first kappa shape index (κ1) is 14.2. The van der Waals surface area contributed by atoms with Crippen molar-refractivity contribution in [3.63, 3.8) is 0 Å². The molecular formula is C14H23NO2. The van der Waals surface area contributed by atoms with Gasteiger partial charge in [0.1, 0.15) is 0 Å². The second-order valence-corrected chi connectivity index (χ2v) is 4.55. The quantitative estimate of drug-likeness (QED) is 0.755. The van der Waals surface area contributed by atoms with Crippen molar-refractivity contribution in [3.05, 3.63) is 35.4 Å². The Morgan fingerprint density at radius 3 is 2.71 bits per heavy atom. The highest BCUT2D eigenvalue weighted by Gasteiger charge is 2.08. The van der Waals surface area contributed by atoms with Gasteiger partial charge in [0.15, 0.2) is 0 Å². The molecule has 0 radical (unpaired) electrons. The van der Waals surface area contributed by atoms with Crippen LogP contribution >= 0.6 is 0 Å². The van der Waals surface area contributed by atoms with Crippen molar-refractivity contribution < 1.29 is 9.84 Å². The van der Waals surface area contributed by atoms with Crippen LogP contribution in [0.4, 0.5) is 0 Å². The third-order valence-corrected chi connectivity index (χ3v) is 2.85. The Morgan fingerprint density at radius 2 is 2.06 bits per heavy atom. The van der Waals surface area contributed by atoms with Crippen LogP contribution in [0.1, 0.15) is 18.1 Å². The number of aliphatic hydroxyl groups is 1. The molecule has 0 amide bonds. The van der Waals surface area contributed by atoms with E-state index < -0.39 is 6.10 Å². The van der Waals surface area contributed by atoms with Crippen molar-refractivity contribution in [1.29, 1.82) is 0 Å². The monoisotopic (exact) mass is 237 g/mol. The van der Waals surface area contributed by atoms with Gasteiger partial charge in [-0.3, -0.25) is 0 Å². The molecule has 0 saturated heterocycles. The first-order valence-corrected chi connectivity index (χ1v) is 6.08. The van der Waals surface area contributed by atoms with E-state index in [0.29, 0.717) is 19.2 Å². The van der Waals surface area contributed by atoms with E-state index in [0.717, 1.165) is 6.42 Å². The van der Waals surface area contributed by atoms with Gasteiger partial charge in [0.2, 0.25) is 0 Å². The number of methoxy groups -OCH3 is 1. The summed E-state index contributed by atoms with van der Waals surface area (Å²) < 4.78 is 4.88. The third-order valence-electron chi connectivity index (χ3n) is 2.85. The summed E-state index contributed by atoms with van der Waals surface area (Å²) in [6, 6.07) is 8.75. The van der Waals surface area contributed by atoms with Crippen LogP contribution in [0, 0.1) is 6.92 Å². The number of rotatable bonds is 7. The molecule has 1 aromatic carbocycles. The average Bonchev–Trinajstić information content (AvgIpc) is 2.30. The number of nitrogens with one attached hydrogen (secondary N) is 1. The summed E-state index contributed by atoms with van der Waals surface area (Å²) >= 11 is 0. The highest BCUT2D eigenvalue weighted by molar-refractivity contribution is 5.26. The lowest BCUT2D eigenvalue weighted by Crippen LogP contribution is -2.36. The molecule has 0 spiro atoms. The lowest BCUT2D eigenvalue weighted by atomic mass is 10.0. The maximum absolute atomic E-state index is 9.53. The van der Waals surface area contributed by atoms with Gasteiger partial charge < -0.3 is 15.2 Å². The van der Waals surface area contributed by atoms with Crippen molar-refractivity contribution in [2.75, 3.05) is 20.3 Å². The zero-order valence-electron chi connectivity index (χ0n) is 10.9. The van der Waals surface area contributed by atoms with Crippen LogP contribution in [0.25, 0.3) is 0 Å². The topological polar surface area (TPSA) is 41.5 Å². The predicted octanol–water partition coefficient (Wildman–Crippen LogP) is 1.52. The first-order chi connectivity index (χ1) is 8.13. The van der Waals surface area contributed by atoms with Gasteiger partial charge in [-0.2, -0.15) is 0 Å². The second-order valence-electron chi connectivity index (χ2n) is 4.55. The average molecular weight is 237 g/mol. The Balaban J connectivity index is 2.34. The molecule has 0 aromatic heterocycles. The highest BCUT2D eigenvalue weighted by Crippen LogP contribution is 2.09. The maximum Gasteiger partial charge on any atom is 0.0897 e. The second kappa shape index (κ2) is 7.43. The van der Waals surface area contributed by atoms with Gasteiger partial charge in [-0.05, 0) is 31.4 Å². The van der Waals surface area contributed by atoms with Gasteiger partial charge in [0.05, 0.1) is 12.7 Å². The minimum atomic E-state index is -0.431. The van der Waals surface area contributed by atoms with Crippen LogP contribution < -0.4 is 5.32 Å². The summed E-state index contributed by atoms with van der Waals surface area (Å²) in [5, 5.41) is 12.8. The molecule has 2 N–H and O–H groups in total. The molecule has 1 rings (SSSR count). The summed E-state index contributed by atoms with van der Waals surface area (Å²) in [4.78, 5) is 0. The SMILES string of the molecule is COCC(O)CNC(C)Cc1ccccc1C.